The number of hydrogen-bond donors (Lipinski definition) is 1. The Labute approximate surface area is 212 Å². The predicted molar refractivity (Wildman–Crippen MR) is 138 cm³/mol. The van der Waals surface area contributed by atoms with Crippen molar-refractivity contribution >= 4 is 28.7 Å². The second-order valence-corrected chi connectivity index (χ2v) is 8.01. The Morgan fingerprint density at radius 3 is 2.22 bits per heavy atom. The molecule has 0 unspecified atom stereocenters. The molecule has 8 heteroatoms. The number of ether oxygens (including phenoxy) is 3. The number of nitrogens with one attached hydrogen (secondary N) is 1. The Balaban J connectivity index is 1.50. The van der Waals surface area contributed by atoms with Gasteiger partial charge in [0.2, 0.25) is 5.89 Å². The first-order chi connectivity index (χ1) is 18.0. The monoisotopic (exact) mass is 494 g/mol. The molecule has 4 aromatic carbocycles. The highest BCUT2D eigenvalue weighted by molar-refractivity contribution is 6.05. The number of carbonyl (C=O) groups is 2. The van der Waals surface area contributed by atoms with Crippen LogP contribution in [-0.2, 0) is 0 Å². The van der Waals surface area contributed by atoms with Gasteiger partial charge < -0.3 is 23.9 Å². The van der Waals surface area contributed by atoms with Gasteiger partial charge in [0.05, 0.1) is 25.3 Å². The lowest BCUT2D eigenvalue weighted by molar-refractivity contribution is 0.0734. The van der Waals surface area contributed by atoms with Crippen molar-refractivity contribution in [3.05, 3.63) is 102 Å². The first-order valence-corrected chi connectivity index (χ1v) is 11.4. The third kappa shape index (κ3) is 5.13. The molecule has 0 saturated heterocycles. The standard InChI is InChI=1S/C29H22N2O6/c1-34-21-9-5-7-18(15-21)27(32)30-20-13-14-25(37-29(33)19-8-6-10-22(16-19)35-2)23(17-20)28-31-24-11-3-4-12-26(24)36-28/h3-17H,1-2H3,(H,30,32). The van der Waals surface area contributed by atoms with Crippen molar-refractivity contribution < 1.29 is 28.2 Å². The molecule has 0 saturated carbocycles. The first-order valence-electron chi connectivity index (χ1n) is 11.4. The van der Waals surface area contributed by atoms with E-state index < -0.39 is 5.97 Å². The fourth-order valence-corrected chi connectivity index (χ4v) is 3.73. The van der Waals surface area contributed by atoms with Crippen molar-refractivity contribution in [1.29, 1.82) is 0 Å². The molecule has 0 aliphatic carbocycles. The predicted octanol–water partition coefficient (Wildman–Crippen LogP) is 5.98. The minimum Gasteiger partial charge on any atom is -0.497 e. The minimum absolute atomic E-state index is 0.221. The molecule has 0 bridgehead atoms. The van der Waals surface area contributed by atoms with Crippen LogP contribution in [0.1, 0.15) is 20.7 Å². The smallest absolute Gasteiger partial charge is 0.343 e. The number of methoxy groups -OCH3 is 2. The van der Waals surface area contributed by atoms with Gasteiger partial charge in [-0.1, -0.05) is 24.3 Å². The molecule has 37 heavy (non-hydrogen) atoms. The third-order valence-electron chi connectivity index (χ3n) is 5.60. The number of carbonyl (C=O) groups excluding carboxylic acids is 2. The van der Waals surface area contributed by atoms with E-state index >= 15 is 0 Å². The lowest BCUT2D eigenvalue weighted by Gasteiger charge is -2.12. The van der Waals surface area contributed by atoms with Crippen LogP contribution in [0.3, 0.4) is 0 Å². The highest BCUT2D eigenvalue weighted by Crippen LogP contribution is 2.35. The molecule has 8 nitrogen and oxygen atoms in total. The molecule has 1 aromatic heterocycles. The van der Waals surface area contributed by atoms with Gasteiger partial charge in [0, 0.05) is 11.3 Å². The molecule has 1 heterocycles. The van der Waals surface area contributed by atoms with Crippen LogP contribution < -0.4 is 19.5 Å². The number of rotatable bonds is 7. The van der Waals surface area contributed by atoms with Crippen LogP contribution in [0.25, 0.3) is 22.6 Å². The van der Waals surface area contributed by atoms with Gasteiger partial charge in [0.1, 0.15) is 22.8 Å². The number of nitrogens with zero attached hydrogens (tertiary/aromatic N) is 1. The molecular formula is C29H22N2O6. The van der Waals surface area contributed by atoms with Crippen molar-refractivity contribution in [3.63, 3.8) is 0 Å². The minimum atomic E-state index is -0.579. The van der Waals surface area contributed by atoms with E-state index in [1.165, 1.54) is 14.2 Å². The van der Waals surface area contributed by atoms with Crippen molar-refractivity contribution in [2.24, 2.45) is 0 Å². The first kappa shape index (κ1) is 23.6. The van der Waals surface area contributed by atoms with Crippen LogP contribution in [0, 0.1) is 0 Å². The van der Waals surface area contributed by atoms with Gasteiger partial charge in [-0.3, -0.25) is 4.79 Å². The summed E-state index contributed by atoms with van der Waals surface area (Å²) in [6.07, 6.45) is 0. The van der Waals surface area contributed by atoms with Crippen LogP contribution >= 0.6 is 0 Å². The quantitative estimate of drug-likeness (QED) is 0.219. The zero-order valence-corrected chi connectivity index (χ0v) is 20.1. The summed E-state index contributed by atoms with van der Waals surface area (Å²) in [7, 11) is 3.06. The molecule has 5 rings (SSSR count). The van der Waals surface area contributed by atoms with Gasteiger partial charge in [-0.05, 0) is 66.7 Å². The number of esters is 1. The van der Waals surface area contributed by atoms with Gasteiger partial charge in [0.15, 0.2) is 5.58 Å². The summed E-state index contributed by atoms with van der Waals surface area (Å²) in [6.45, 7) is 0. The summed E-state index contributed by atoms with van der Waals surface area (Å²) in [5, 5.41) is 2.86. The van der Waals surface area contributed by atoms with E-state index in [0.29, 0.717) is 45.0 Å². The Bertz CT molecular complexity index is 1570. The van der Waals surface area contributed by atoms with Crippen LogP contribution in [0.4, 0.5) is 5.69 Å². The van der Waals surface area contributed by atoms with Crippen LogP contribution in [0.5, 0.6) is 17.2 Å². The Morgan fingerprint density at radius 2 is 1.49 bits per heavy atom. The van der Waals surface area contributed by atoms with Gasteiger partial charge in [-0.2, -0.15) is 0 Å². The van der Waals surface area contributed by atoms with Crippen molar-refractivity contribution in [2.75, 3.05) is 19.5 Å². The lowest BCUT2D eigenvalue weighted by atomic mass is 10.1. The van der Waals surface area contributed by atoms with E-state index in [9.17, 15) is 9.59 Å². The summed E-state index contributed by atoms with van der Waals surface area (Å²) in [4.78, 5) is 30.4. The molecule has 0 spiro atoms. The van der Waals surface area contributed by atoms with Crippen molar-refractivity contribution in [3.8, 4) is 28.7 Å². The number of oxazole rings is 1. The van der Waals surface area contributed by atoms with Crippen LogP contribution in [0.15, 0.2) is 95.4 Å². The van der Waals surface area contributed by atoms with Gasteiger partial charge in [-0.15, -0.1) is 0 Å². The molecule has 0 aliphatic rings. The summed E-state index contributed by atoms with van der Waals surface area (Å²) < 4.78 is 22.1. The number of aromatic nitrogens is 1. The van der Waals surface area contributed by atoms with Gasteiger partial charge >= 0.3 is 5.97 Å². The maximum Gasteiger partial charge on any atom is 0.343 e. The normalized spacial score (nSPS) is 10.6. The SMILES string of the molecule is COc1cccc(C(=O)Nc2ccc(OC(=O)c3cccc(OC)c3)c(-c3nc4ccccc4o3)c2)c1. The van der Waals surface area contributed by atoms with E-state index in [0.717, 1.165) is 0 Å². The van der Waals surface area contributed by atoms with E-state index in [1.807, 2.05) is 18.2 Å². The van der Waals surface area contributed by atoms with Crippen LogP contribution in [0.2, 0.25) is 0 Å². The molecule has 0 radical (unpaired) electrons. The molecule has 1 N–H and O–H groups in total. The molecule has 0 aliphatic heterocycles. The Kier molecular flexibility index (Phi) is 6.54. The third-order valence-corrected chi connectivity index (χ3v) is 5.60. The average molecular weight is 495 g/mol. The highest BCUT2D eigenvalue weighted by Gasteiger charge is 2.19. The maximum atomic E-state index is 12.9. The van der Waals surface area contributed by atoms with Crippen molar-refractivity contribution in [1.82, 2.24) is 4.98 Å². The molecular weight excluding hydrogens is 472 g/mol. The maximum absolute atomic E-state index is 12.9. The molecule has 0 atom stereocenters. The fourth-order valence-electron chi connectivity index (χ4n) is 3.73. The number of amides is 1. The van der Waals surface area contributed by atoms with Gasteiger partial charge in [0.25, 0.3) is 5.91 Å². The van der Waals surface area contributed by atoms with Crippen LogP contribution in [-0.4, -0.2) is 31.1 Å². The number of anilines is 1. The molecule has 1 amide bonds. The second kappa shape index (κ2) is 10.2. The number of hydrogen-bond acceptors (Lipinski definition) is 7. The largest absolute Gasteiger partial charge is 0.497 e. The summed E-state index contributed by atoms with van der Waals surface area (Å²) in [5.74, 6) is 0.655. The fraction of sp³-hybridized carbons (Fsp3) is 0.0690. The van der Waals surface area contributed by atoms with E-state index in [1.54, 1.807) is 72.8 Å². The molecule has 0 fully saturated rings. The average Bonchev–Trinajstić information content (AvgIpc) is 3.38. The molecule has 5 aromatic rings. The summed E-state index contributed by atoms with van der Waals surface area (Å²) in [6, 6.07) is 25.7. The van der Waals surface area contributed by atoms with Crippen molar-refractivity contribution in [2.45, 2.75) is 0 Å². The number of fused-ring (bicyclic) bond motifs is 1. The Hall–Kier alpha value is -5.11. The zero-order chi connectivity index (χ0) is 25.8. The Morgan fingerprint density at radius 1 is 0.784 bits per heavy atom. The summed E-state index contributed by atoms with van der Waals surface area (Å²) in [5.41, 5.74) is 2.83. The zero-order valence-electron chi connectivity index (χ0n) is 20.1. The highest BCUT2D eigenvalue weighted by atomic mass is 16.5. The number of para-hydroxylation sites is 2. The number of benzene rings is 4. The summed E-state index contributed by atoms with van der Waals surface area (Å²) >= 11 is 0. The molecule has 184 valence electrons. The van der Waals surface area contributed by atoms with E-state index in [2.05, 4.69) is 10.3 Å². The second-order valence-electron chi connectivity index (χ2n) is 8.01. The van der Waals surface area contributed by atoms with E-state index in [-0.39, 0.29) is 17.5 Å². The topological polar surface area (TPSA) is 99.9 Å². The van der Waals surface area contributed by atoms with Gasteiger partial charge in [-0.25, -0.2) is 9.78 Å². The lowest BCUT2D eigenvalue weighted by Crippen LogP contribution is -2.13. The van der Waals surface area contributed by atoms with E-state index in [4.69, 9.17) is 18.6 Å².